The SMILES string of the molecule is COC(=O)C(NC(=O)C1CC(N[C@H](C)c2cccc3ccccc23)C1)c1ccccc1. The van der Waals surface area contributed by atoms with Crippen LogP contribution in [0.4, 0.5) is 0 Å². The summed E-state index contributed by atoms with van der Waals surface area (Å²) in [7, 11) is 1.34. The van der Waals surface area contributed by atoms with E-state index in [-0.39, 0.29) is 23.9 Å². The van der Waals surface area contributed by atoms with Crippen LogP contribution in [0.2, 0.25) is 0 Å². The van der Waals surface area contributed by atoms with Crippen molar-refractivity contribution in [2.45, 2.75) is 37.9 Å². The number of amides is 1. The molecule has 1 saturated carbocycles. The van der Waals surface area contributed by atoms with Gasteiger partial charge in [-0.3, -0.25) is 4.79 Å². The summed E-state index contributed by atoms with van der Waals surface area (Å²) in [5, 5.41) is 9.01. The average Bonchev–Trinajstić information content (AvgIpc) is 2.78. The molecule has 1 fully saturated rings. The van der Waals surface area contributed by atoms with Crippen molar-refractivity contribution in [2.75, 3.05) is 7.11 Å². The Morgan fingerprint density at radius 2 is 1.61 bits per heavy atom. The molecule has 1 aliphatic carbocycles. The van der Waals surface area contributed by atoms with Gasteiger partial charge in [0.1, 0.15) is 0 Å². The van der Waals surface area contributed by atoms with Gasteiger partial charge in [0.2, 0.25) is 5.91 Å². The van der Waals surface area contributed by atoms with Gasteiger partial charge in [0.05, 0.1) is 7.11 Å². The van der Waals surface area contributed by atoms with Gasteiger partial charge in [0, 0.05) is 18.0 Å². The third-order valence-electron chi connectivity index (χ3n) is 6.14. The highest BCUT2D eigenvalue weighted by molar-refractivity contribution is 5.87. The van der Waals surface area contributed by atoms with Gasteiger partial charge in [-0.15, -0.1) is 0 Å². The van der Waals surface area contributed by atoms with E-state index in [4.69, 9.17) is 4.74 Å². The predicted octanol–water partition coefficient (Wildman–Crippen LogP) is 4.30. The van der Waals surface area contributed by atoms with Gasteiger partial charge in [-0.1, -0.05) is 72.8 Å². The zero-order valence-electron chi connectivity index (χ0n) is 17.9. The molecule has 1 unspecified atom stereocenters. The summed E-state index contributed by atoms with van der Waals surface area (Å²) >= 11 is 0. The molecule has 5 nitrogen and oxygen atoms in total. The molecule has 0 spiro atoms. The second-order valence-corrected chi connectivity index (χ2v) is 8.20. The molecule has 1 aliphatic rings. The summed E-state index contributed by atoms with van der Waals surface area (Å²) < 4.78 is 4.89. The molecule has 0 heterocycles. The molecular weight excluding hydrogens is 388 g/mol. The highest BCUT2D eigenvalue weighted by Crippen LogP contribution is 2.32. The van der Waals surface area contributed by atoms with Gasteiger partial charge in [0.15, 0.2) is 6.04 Å². The van der Waals surface area contributed by atoms with Crippen molar-refractivity contribution in [1.82, 2.24) is 10.6 Å². The number of benzene rings is 3. The number of esters is 1. The van der Waals surface area contributed by atoms with E-state index in [0.29, 0.717) is 0 Å². The minimum atomic E-state index is -0.777. The van der Waals surface area contributed by atoms with E-state index >= 15 is 0 Å². The molecule has 5 heteroatoms. The topological polar surface area (TPSA) is 67.4 Å². The van der Waals surface area contributed by atoms with E-state index in [1.807, 2.05) is 30.3 Å². The van der Waals surface area contributed by atoms with Crippen LogP contribution >= 0.6 is 0 Å². The molecule has 0 saturated heterocycles. The first kappa shape index (κ1) is 21.1. The van der Waals surface area contributed by atoms with Crippen molar-refractivity contribution in [1.29, 1.82) is 0 Å². The summed E-state index contributed by atoms with van der Waals surface area (Å²) in [5.41, 5.74) is 1.99. The maximum Gasteiger partial charge on any atom is 0.333 e. The summed E-state index contributed by atoms with van der Waals surface area (Å²) in [6.07, 6.45) is 1.51. The van der Waals surface area contributed by atoms with E-state index in [2.05, 4.69) is 60.0 Å². The molecule has 2 atom stereocenters. The van der Waals surface area contributed by atoms with Crippen LogP contribution in [0.15, 0.2) is 72.8 Å². The Morgan fingerprint density at radius 1 is 0.935 bits per heavy atom. The van der Waals surface area contributed by atoms with E-state index in [0.717, 1.165) is 18.4 Å². The highest BCUT2D eigenvalue weighted by Gasteiger charge is 2.37. The standard InChI is InChI=1S/C26H28N2O3/c1-17(22-14-8-12-18-9-6-7-13-23(18)22)27-21-15-20(16-21)25(29)28-24(26(30)31-2)19-10-4-3-5-11-19/h3-14,17,20-21,24,27H,15-16H2,1-2H3,(H,28,29)/t17-,20?,21?,24?/m1/s1. The third kappa shape index (κ3) is 4.62. The molecule has 160 valence electrons. The Hall–Kier alpha value is -3.18. The van der Waals surface area contributed by atoms with E-state index in [1.54, 1.807) is 0 Å². The smallest absolute Gasteiger partial charge is 0.333 e. The van der Waals surface area contributed by atoms with Gasteiger partial charge in [-0.2, -0.15) is 0 Å². The normalized spacial score (nSPS) is 19.8. The lowest BCUT2D eigenvalue weighted by Crippen LogP contribution is -2.49. The monoisotopic (exact) mass is 416 g/mol. The fourth-order valence-electron chi connectivity index (χ4n) is 4.34. The van der Waals surface area contributed by atoms with E-state index < -0.39 is 12.0 Å². The first-order chi connectivity index (χ1) is 15.1. The summed E-state index contributed by atoms with van der Waals surface area (Å²) in [4.78, 5) is 25.0. The number of hydrogen-bond donors (Lipinski definition) is 2. The van der Waals surface area contributed by atoms with Gasteiger partial charge >= 0.3 is 5.97 Å². The summed E-state index contributed by atoms with van der Waals surface area (Å²) in [6.45, 7) is 2.16. The van der Waals surface area contributed by atoms with Gasteiger partial charge < -0.3 is 15.4 Å². The van der Waals surface area contributed by atoms with Crippen molar-refractivity contribution >= 4 is 22.6 Å². The predicted molar refractivity (Wildman–Crippen MR) is 121 cm³/mol. The molecule has 31 heavy (non-hydrogen) atoms. The number of ether oxygens (including phenoxy) is 1. The lowest BCUT2D eigenvalue weighted by Gasteiger charge is -2.37. The van der Waals surface area contributed by atoms with Gasteiger partial charge in [-0.25, -0.2) is 4.79 Å². The summed E-state index contributed by atoms with van der Waals surface area (Å²) in [6, 6.07) is 23.6. The van der Waals surface area contributed by atoms with Crippen molar-refractivity contribution in [3.8, 4) is 0 Å². The zero-order valence-corrected chi connectivity index (χ0v) is 17.9. The number of carbonyl (C=O) groups excluding carboxylic acids is 2. The largest absolute Gasteiger partial charge is 0.467 e. The minimum absolute atomic E-state index is 0.102. The van der Waals surface area contributed by atoms with Crippen LogP contribution in [0.5, 0.6) is 0 Å². The third-order valence-corrected chi connectivity index (χ3v) is 6.14. The summed E-state index contributed by atoms with van der Waals surface area (Å²) in [5.74, 6) is -0.665. The molecule has 0 aliphatic heterocycles. The molecule has 2 N–H and O–H groups in total. The second-order valence-electron chi connectivity index (χ2n) is 8.20. The van der Waals surface area contributed by atoms with Gasteiger partial charge in [0.25, 0.3) is 0 Å². The molecule has 3 aromatic carbocycles. The van der Waals surface area contributed by atoms with E-state index in [1.165, 1.54) is 23.4 Å². The number of carbonyl (C=O) groups is 2. The van der Waals surface area contributed by atoms with Crippen LogP contribution in [0.3, 0.4) is 0 Å². The first-order valence-electron chi connectivity index (χ1n) is 10.7. The molecule has 4 rings (SSSR count). The molecule has 3 aromatic rings. The van der Waals surface area contributed by atoms with Crippen LogP contribution in [0, 0.1) is 5.92 Å². The fourth-order valence-corrected chi connectivity index (χ4v) is 4.34. The number of methoxy groups -OCH3 is 1. The van der Waals surface area contributed by atoms with Crippen molar-refractivity contribution < 1.29 is 14.3 Å². The van der Waals surface area contributed by atoms with Crippen LogP contribution in [-0.2, 0) is 14.3 Å². The molecule has 0 aromatic heterocycles. The number of rotatable bonds is 7. The van der Waals surface area contributed by atoms with Crippen LogP contribution in [0.25, 0.3) is 10.8 Å². The number of nitrogens with one attached hydrogen (secondary N) is 2. The van der Waals surface area contributed by atoms with Crippen LogP contribution in [-0.4, -0.2) is 25.0 Å². The van der Waals surface area contributed by atoms with Crippen molar-refractivity contribution in [2.24, 2.45) is 5.92 Å². The highest BCUT2D eigenvalue weighted by atomic mass is 16.5. The fraction of sp³-hybridized carbons (Fsp3) is 0.308. The second kappa shape index (κ2) is 9.31. The molecule has 0 radical (unpaired) electrons. The zero-order chi connectivity index (χ0) is 21.8. The maximum absolute atomic E-state index is 12.8. The quantitative estimate of drug-likeness (QED) is 0.564. The molecule has 1 amide bonds. The molecule has 0 bridgehead atoms. The van der Waals surface area contributed by atoms with Crippen molar-refractivity contribution in [3.63, 3.8) is 0 Å². The van der Waals surface area contributed by atoms with Crippen LogP contribution < -0.4 is 10.6 Å². The average molecular weight is 417 g/mol. The number of fused-ring (bicyclic) bond motifs is 1. The molecular formula is C26H28N2O3. The van der Waals surface area contributed by atoms with Crippen LogP contribution in [0.1, 0.15) is 43.0 Å². The number of hydrogen-bond acceptors (Lipinski definition) is 4. The minimum Gasteiger partial charge on any atom is -0.467 e. The van der Waals surface area contributed by atoms with Gasteiger partial charge in [-0.05, 0) is 41.7 Å². The Bertz CT molecular complexity index is 1060. The Kier molecular flexibility index (Phi) is 6.33. The lowest BCUT2D eigenvalue weighted by atomic mass is 9.78. The Balaban J connectivity index is 1.35. The lowest BCUT2D eigenvalue weighted by molar-refractivity contribution is -0.146. The Morgan fingerprint density at radius 3 is 2.35 bits per heavy atom. The maximum atomic E-state index is 12.8. The van der Waals surface area contributed by atoms with E-state index in [9.17, 15) is 9.59 Å². The first-order valence-corrected chi connectivity index (χ1v) is 10.7. The van der Waals surface area contributed by atoms with Crippen molar-refractivity contribution in [3.05, 3.63) is 83.9 Å². The Labute approximate surface area is 182 Å².